The molecule has 0 spiro atoms. The lowest BCUT2D eigenvalue weighted by Gasteiger charge is -2.25. The Hall–Kier alpha value is -3.62. The van der Waals surface area contributed by atoms with E-state index in [1.54, 1.807) is 25.6 Å². The van der Waals surface area contributed by atoms with Crippen LogP contribution in [0.3, 0.4) is 0 Å². The van der Waals surface area contributed by atoms with Gasteiger partial charge >= 0.3 is 5.91 Å². The predicted molar refractivity (Wildman–Crippen MR) is 98.9 cm³/mol. The minimum Gasteiger partial charge on any atom is -0.437 e. The lowest BCUT2D eigenvalue weighted by Crippen LogP contribution is -2.54. The number of carbonyl (C=O) groups excluding carboxylic acids is 2. The van der Waals surface area contributed by atoms with Gasteiger partial charge in [0.15, 0.2) is 5.82 Å². The second-order valence-corrected chi connectivity index (χ2v) is 7.66. The summed E-state index contributed by atoms with van der Waals surface area (Å²) in [5.41, 5.74) is 0.738. The molecule has 2 amide bonds. The summed E-state index contributed by atoms with van der Waals surface area (Å²) in [5.74, 6) is 0.671. The largest absolute Gasteiger partial charge is 0.437 e. The fraction of sp³-hybridized carbons (Fsp3) is 0.300. The molecule has 0 saturated heterocycles. The van der Waals surface area contributed by atoms with Crippen molar-refractivity contribution in [2.24, 2.45) is 11.8 Å². The van der Waals surface area contributed by atoms with E-state index in [1.807, 2.05) is 18.2 Å². The van der Waals surface area contributed by atoms with Crippen molar-refractivity contribution in [2.75, 3.05) is 11.9 Å². The minimum absolute atomic E-state index is 0.0541. The first-order chi connectivity index (χ1) is 14.1. The Bertz CT molecular complexity index is 1150. The molecule has 2 fully saturated rings. The zero-order valence-corrected chi connectivity index (χ0v) is 15.4. The summed E-state index contributed by atoms with van der Waals surface area (Å²) in [4.78, 5) is 44.4. The van der Waals surface area contributed by atoms with Crippen LogP contribution in [0.25, 0.3) is 0 Å². The first-order valence-corrected chi connectivity index (χ1v) is 9.37. The predicted octanol–water partition coefficient (Wildman–Crippen LogP) is 0.939. The minimum atomic E-state index is -0.908. The highest BCUT2D eigenvalue weighted by atomic mass is 16.4. The van der Waals surface area contributed by atoms with Crippen molar-refractivity contribution >= 4 is 17.6 Å². The number of aromatic nitrogens is 4. The number of oxazole rings is 1. The lowest BCUT2D eigenvalue weighted by atomic mass is 9.95. The molecular weight excluding hydrogens is 372 g/mol. The van der Waals surface area contributed by atoms with Gasteiger partial charge in [0.1, 0.15) is 11.3 Å². The van der Waals surface area contributed by atoms with Crippen molar-refractivity contribution < 1.29 is 14.0 Å². The zero-order chi connectivity index (χ0) is 19.8. The summed E-state index contributed by atoms with van der Waals surface area (Å²) >= 11 is 0. The number of nitrogens with zero attached hydrogens (tertiary/aromatic N) is 5. The summed E-state index contributed by atoms with van der Waals surface area (Å²) < 4.78 is 5.60. The molecule has 3 aromatic rings. The second kappa shape index (κ2) is 5.47. The molecule has 4 aliphatic rings. The molecule has 144 valence electrons. The van der Waals surface area contributed by atoms with E-state index in [0.717, 1.165) is 11.4 Å². The van der Waals surface area contributed by atoms with Crippen LogP contribution in [0.2, 0.25) is 0 Å². The number of likely N-dealkylation sites (N-methyl/N-ethyl adjacent to an activating group) is 1. The Morgan fingerprint density at radius 2 is 2.00 bits per heavy atom. The van der Waals surface area contributed by atoms with Gasteiger partial charge in [0.25, 0.3) is 11.8 Å². The number of fused-ring (bicyclic) bond motifs is 1. The molecule has 0 aromatic carbocycles. The van der Waals surface area contributed by atoms with Gasteiger partial charge in [-0.15, -0.1) is 0 Å². The van der Waals surface area contributed by atoms with Crippen molar-refractivity contribution in [3.05, 3.63) is 66.0 Å². The number of nitrogens with one attached hydrogen (secondary N) is 1. The van der Waals surface area contributed by atoms with E-state index < -0.39 is 11.4 Å². The molecule has 1 N–H and O–H groups in total. The average molecular weight is 388 g/mol. The van der Waals surface area contributed by atoms with E-state index in [2.05, 4.69) is 25.3 Å². The first-order valence-electron chi connectivity index (χ1n) is 9.37. The number of hydrogen-bond acceptors (Lipinski definition) is 7. The SMILES string of the molecule is CN1C(=O)C2(NC(=O)c3ncc(Cc4ccccn4)o3)C3C(c4nccnc41)[C@H]32. The maximum Gasteiger partial charge on any atom is 0.308 e. The number of amides is 2. The summed E-state index contributed by atoms with van der Waals surface area (Å²) in [6.45, 7) is 0. The Morgan fingerprint density at radius 1 is 1.17 bits per heavy atom. The lowest BCUT2D eigenvalue weighted by molar-refractivity contribution is -0.122. The summed E-state index contributed by atoms with van der Waals surface area (Å²) in [6, 6.07) is 5.59. The quantitative estimate of drug-likeness (QED) is 0.707. The van der Waals surface area contributed by atoms with Crippen LogP contribution >= 0.6 is 0 Å². The number of carbonyl (C=O) groups is 2. The molecule has 0 radical (unpaired) electrons. The number of hydrogen-bond donors (Lipinski definition) is 1. The van der Waals surface area contributed by atoms with Crippen molar-refractivity contribution in [2.45, 2.75) is 17.9 Å². The third-order valence-corrected chi connectivity index (χ3v) is 6.11. The second-order valence-electron chi connectivity index (χ2n) is 7.66. The summed E-state index contributed by atoms with van der Waals surface area (Å²) in [7, 11) is 1.67. The molecule has 2 aliphatic carbocycles. The van der Waals surface area contributed by atoms with Crippen molar-refractivity contribution in [1.29, 1.82) is 0 Å². The highest BCUT2D eigenvalue weighted by Crippen LogP contribution is 2.81. The third kappa shape index (κ3) is 2.15. The van der Waals surface area contributed by atoms with Crippen LogP contribution in [0.1, 0.15) is 33.8 Å². The van der Waals surface area contributed by atoms with Gasteiger partial charge in [0, 0.05) is 55.5 Å². The van der Waals surface area contributed by atoms with E-state index in [9.17, 15) is 9.59 Å². The molecule has 2 bridgehead atoms. The van der Waals surface area contributed by atoms with E-state index in [-0.39, 0.29) is 29.6 Å². The van der Waals surface area contributed by atoms with Crippen LogP contribution in [-0.4, -0.2) is 44.3 Å². The molecule has 29 heavy (non-hydrogen) atoms. The molecular formula is C20H16N6O3. The van der Waals surface area contributed by atoms with Crippen molar-refractivity contribution in [3.63, 3.8) is 0 Å². The van der Waals surface area contributed by atoms with E-state index >= 15 is 0 Å². The highest BCUT2D eigenvalue weighted by molar-refractivity contribution is 6.10. The molecule has 4 atom stereocenters. The van der Waals surface area contributed by atoms with Crippen LogP contribution in [0.5, 0.6) is 0 Å². The molecule has 9 nitrogen and oxygen atoms in total. The van der Waals surface area contributed by atoms with Crippen molar-refractivity contribution in [3.8, 4) is 0 Å². The van der Waals surface area contributed by atoms with Crippen LogP contribution in [-0.2, 0) is 11.2 Å². The van der Waals surface area contributed by atoms with Crippen LogP contribution in [0, 0.1) is 11.8 Å². The fourth-order valence-electron chi connectivity index (χ4n) is 4.67. The monoisotopic (exact) mass is 388 g/mol. The van der Waals surface area contributed by atoms with Crippen LogP contribution in [0.4, 0.5) is 5.82 Å². The normalized spacial score (nSPS) is 28.2. The Labute approximate surface area is 165 Å². The Balaban J connectivity index is 1.22. The fourth-order valence-corrected chi connectivity index (χ4v) is 4.67. The number of anilines is 1. The van der Waals surface area contributed by atoms with E-state index in [1.165, 1.54) is 11.1 Å². The topological polar surface area (TPSA) is 114 Å². The maximum atomic E-state index is 13.1. The van der Waals surface area contributed by atoms with Crippen molar-refractivity contribution in [1.82, 2.24) is 25.3 Å². The van der Waals surface area contributed by atoms with E-state index in [4.69, 9.17) is 4.42 Å². The van der Waals surface area contributed by atoms with Gasteiger partial charge in [-0.2, -0.15) is 0 Å². The van der Waals surface area contributed by atoms with Gasteiger partial charge in [0.05, 0.1) is 11.9 Å². The third-order valence-electron chi connectivity index (χ3n) is 6.11. The van der Waals surface area contributed by atoms with Crippen LogP contribution in [0.15, 0.2) is 47.4 Å². The average Bonchev–Trinajstić information content (AvgIpc) is 3.60. The molecule has 2 saturated carbocycles. The molecule has 5 heterocycles. The number of pyridine rings is 1. The Kier molecular flexibility index (Phi) is 3.08. The molecule has 7 rings (SSSR count). The molecule has 3 unspecified atom stereocenters. The Morgan fingerprint density at radius 3 is 2.79 bits per heavy atom. The first kappa shape index (κ1) is 16.3. The maximum absolute atomic E-state index is 13.1. The van der Waals surface area contributed by atoms with E-state index in [0.29, 0.717) is 18.0 Å². The van der Waals surface area contributed by atoms with Crippen LogP contribution < -0.4 is 10.2 Å². The molecule has 2 aliphatic heterocycles. The number of rotatable bonds is 4. The smallest absolute Gasteiger partial charge is 0.308 e. The van der Waals surface area contributed by atoms with Gasteiger partial charge in [-0.1, -0.05) is 6.07 Å². The van der Waals surface area contributed by atoms with Gasteiger partial charge in [-0.25, -0.2) is 9.97 Å². The van der Waals surface area contributed by atoms with Gasteiger partial charge < -0.3 is 9.73 Å². The van der Waals surface area contributed by atoms with Gasteiger partial charge in [0.2, 0.25) is 0 Å². The van der Waals surface area contributed by atoms with Gasteiger partial charge in [-0.05, 0) is 12.1 Å². The standard InChI is InChI=1S/C20H16N6O3/c1-26-16-15(22-6-7-23-16)12-13-14(12)20(13,19(26)28)25-17(27)18-24-9-11(29-18)8-10-4-2-3-5-21-10/h2-7,9,12-14H,8H2,1H3,(H,25,27)/t12?,13-,14?,20?/m1/s1. The summed E-state index contributed by atoms with van der Waals surface area (Å²) in [5, 5.41) is 2.89. The molecule has 3 aromatic heterocycles. The van der Waals surface area contributed by atoms with Gasteiger partial charge in [-0.3, -0.25) is 24.5 Å². The highest BCUT2D eigenvalue weighted by Gasteiger charge is 2.90. The zero-order valence-electron chi connectivity index (χ0n) is 15.4. The molecule has 9 heteroatoms. The summed E-state index contributed by atoms with van der Waals surface area (Å²) in [6.07, 6.45) is 6.86.